The normalized spacial score (nSPS) is 14.0. The molecule has 1 unspecified atom stereocenters. The number of carbonyl (C=O) groups is 2. The van der Waals surface area contributed by atoms with Gasteiger partial charge in [-0.2, -0.15) is 0 Å². The summed E-state index contributed by atoms with van der Waals surface area (Å²) in [6.07, 6.45) is 33.4. The number of phosphoric ester groups is 1. The van der Waals surface area contributed by atoms with E-state index in [9.17, 15) is 19.0 Å². The van der Waals surface area contributed by atoms with Gasteiger partial charge < -0.3 is 27.9 Å². The van der Waals surface area contributed by atoms with E-state index in [4.69, 9.17) is 18.5 Å². The van der Waals surface area contributed by atoms with Crippen molar-refractivity contribution in [2.75, 3.05) is 47.5 Å². The topological polar surface area (TPSA) is 111 Å². The summed E-state index contributed by atoms with van der Waals surface area (Å²) in [4.78, 5) is 37.3. The van der Waals surface area contributed by atoms with Crippen molar-refractivity contribution in [3.05, 3.63) is 24.3 Å². The number of ether oxygens (including phenoxy) is 2. The van der Waals surface area contributed by atoms with Gasteiger partial charge in [0.05, 0.1) is 27.7 Å². The second-order valence-electron chi connectivity index (χ2n) is 14.6. The summed E-state index contributed by atoms with van der Waals surface area (Å²) in [5.74, 6) is -0.851. The molecule has 10 heteroatoms. The maximum Gasteiger partial charge on any atom is 0.306 e. The molecule has 9 nitrogen and oxygen atoms in total. The molecule has 0 heterocycles. The molecule has 0 aliphatic rings. The second kappa shape index (κ2) is 33.3. The van der Waals surface area contributed by atoms with Crippen molar-refractivity contribution < 1.29 is 42.1 Å². The largest absolute Gasteiger partial charge is 0.756 e. The number of hydrogen-bond donors (Lipinski definition) is 0. The molecular formula is C40H76NO8P. The van der Waals surface area contributed by atoms with Gasteiger partial charge in [0.25, 0.3) is 7.82 Å². The zero-order valence-corrected chi connectivity index (χ0v) is 33.7. The Balaban J connectivity index is 4.42. The first-order valence-electron chi connectivity index (χ1n) is 20.0. The number of allylic oxidation sites excluding steroid dienone is 4. The number of unbranched alkanes of at least 4 members (excludes halogenated alkanes) is 18. The van der Waals surface area contributed by atoms with Gasteiger partial charge in [0.1, 0.15) is 19.8 Å². The number of rotatable bonds is 36. The van der Waals surface area contributed by atoms with Crippen LogP contribution >= 0.6 is 7.82 Å². The Bertz CT molecular complexity index is 918. The number of carbonyl (C=O) groups excluding carboxylic acids is 2. The Morgan fingerprint density at radius 2 is 1.04 bits per heavy atom. The Morgan fingerprint density at radius 1 is 0.600 bits per heavy atom. The number of hydrogen-bond acceptors (Lipinski definition) is 8. The minimum absolute atomic E-state index is 0.0321. The molecule has 0 saturated heterocycles. The van der Waals surface area contributed by atoms with Crippen LogP contribution in [0.25, 0.3) is 0 Å². The molecule has 0 aliphatic carbocycles. The van der Waals surface area contributed by atoms with E-state index in [1.54, 1.807) is 0 Å². The van der Waals surface area contributed by atoms with Crippen LogP contribution in [0.15, 0.2) is 24.3 Å². The van der Waals surface area contributed by atoms with Crippen LogP contribution in [0.3, 0.4) is 0 Å². The van der Waals surface area contributed by atoms with Gasteiger partial charge >= 0.3 is 11.9 Å². The highest BCUT2D eigenvalue weighted by atomic mass is 31.2. The number of phosphoric acid groups is 1. The first kappa shape index (κ1) is 48.5. The predicted octanol–water partition coefficient (Wildman–Crippen LogP) is 10.2. The number of esters is 2. The fraction of sp³-hybridized carbons (Fsp3) is 0.850. The molecule has 0 aromatic heterocycles. The molecule has 0 saturated carbocycles. The highest BCUT2D eigenvalue weighted by molar-refractivity contribution is 7.45. The van der Waals surface area contributed by atoms with Crippen molar-refractivity contribution in [2.45, 2.75) is 174 Å². The van der Waals surface area contributed by atoms with Gasteiger partial charge in [-0.25, -0.2) is 0 Å². The maximum atomic E-state index is 12.6. The first-order valence-corrected chi connectivity index (χ1v) is 21.5. The molecule has 0 spiro atoms. The van der Waals surface area contributed by atoms with Crippen LogP contribution < -0.4 is 4.89 Å². The highest BCUT2D eigenvalue weighted by Gasteiger charge is 2.21. The van der Waals surface area contributed by atoms with Gasteiger partial charge in [-0.1, -0.05) is 122 Å². The third-order valence-electron chi connectivity index (χ3n) is 8.44. The van der Waals surface area contributed by atoms with Crippen molar-refractivity contribution in [2.24, 2.45) is 0 Å². The van der Waals surface area contributed by atoms with Crippen molar-refractivity contribution in [3.8, 4) is 0 Å². The van der Waals surface area contributed by atoms with Crippen LogP contribution in [0.1, 0.15) is 168 Å². The van der Waals surface area contributed by atoms with Crippen LogP contribution in [-0.2, 0) is 32.7 Å². The first-order chi connectivity index (χ1) is 24.0. The molecule has 0 rings (SSSR count). The molecule has 0 amide bonds. The number of nitrogens with zero attached hydrogens (tertiary/aromatic N) is 1. The number of quaternary nitrogens is 1. The summed E-state index contributed by atoms with van der Waals surface area (Å²) in [7, 11) is 1.16. The zero-order valence-electron chi connectivity index (χ0n) is 32.8. The van der Waals surface area contributed by atoms with E-state index in [-0.39, 0.29) is 26.1 Å². The average Bonchev–Trinajstić information content (AvgIpc) is 3.06. The van der Waals surface area contributed by atoms with Gasteiger partial charge in [-0.15, -0.1) is 0 Å². The van der Waals surface area contributed by atoms with Crippen LogP contribution in [-0.4, -0.2) is 70.0 Å². The smallest absolute Gasteiger partial charge is 0.306 e. The summed E-state index contributed by atoms with van der Waals surface area (Å²) < 4.78 is 33.8. The summed E-state index contributed by atoms with van der Waals surface area (Å²) >= 11 is 0. The van der Waals surface area contributed by atoms with Crippen molar-refractivity contribution in [1.82, 2.24) is 0 Å². The summed E-state index contributed by atoms with van der Waals surface area (Å²) in [6.45, 7) is 4.15. The van der Waals surface area contributed by atoms with E-state index in [0.29, 0.717) is 17.4 Å². The van der Waals surface area contributed by atoms with E-state index in [0.717, 1.165) is 70.6 Å². The minimum atomic E-state index is -4.62. The predicted molar refractivity (Wildman–Crippen MR) is 204 cm³/mol. The molecule has 0 bridgehead atoms. The van der Waals surface area contributed by atoms with Crippen LogP contribution in [0, 0.1) is 0 Å². The molecule has 0 aromatic rings. The second-order valence-corrected chi connectivity index (χ2v) is 16.1. The van der Waals surface area contributed by atoms with Gasteiger partial charge in [0, 0.05) is 12.8 Å². The Kier molecular flexibility index (Phi) is 32.3. The summed E-state index contributed by atoms with van der Waals surface area (Å²) in [5, 5.41) is 0. The lowest BCUT2D eigenvalue weighted by Gasteiger charge is -2.28. The van der Waals surface area contributed by atoms with Crippen molar-refractivity contribution in [3.63, 3.8) is 0 Å². The fourth-order valence-corrected chi connectivity index (χ4v) is 5.95. The number of likely N-dealkylation sites (N-methyl/N-ethyl adjacent to an activating group) is 1. The zero-order chi connectivity index (χ0) is 37.2. The minimum Gasteiger partial charge on any atom is -0.756 e. The van der Waals surface area contributed by atoms with Crippen molar-refractivity contribution >= 4 is 19.8 Å². The molecule has 0 aliphatic heterocycles. The van der Waals surface area contributed by atoms with Crippen LogP contribution in [0.4, 0.5) is 0 Å². The third-order valence-corrected chi connectivity index (χ3v) is 9.41. The molecule has 294 valence electrons. The van der Waals surface area contributed by atoms with Crippen LogP contribution in [0.5, 0.6) is 0 Å². The van der Waals surface area contributed by atoms with E-state index in [2.05, 4.69) is 38.2 Å². The molecule has 2 atom stereocenters. The molecule has 0 aromatic carbocycles. The van der Waals surface area contributed by atoms with Gasteiger partial charge in [0.15, 0.2) is 6.10 Å². The van der Waals surface area contributed by atoms with Gasteiger partial charge in [0.2, 0.25) is 0 Å². The maximum absolute atomic E-state index is 12.6. The molecule has 0 N–H and O–H groups in total. The standard InChI is InChI=1S/C40H76NO8P/c1-6-8-10-12-14-16-18-19-20-21-23-25-27-29-31-33-40(43)49-38(37-48-50(44,45)47-35-34-41(3,4)5)36-46-39(42)32-30-28-26-24-22-17-15-13-11-9-7-2/h13,15-16,18,38H,6-12,14,17,19-37H2,1-5H3/b15-13+,18-16+/t38-/m1/s1. The molecule has 0 radical (unpaired) electrons. The third kappa shape index (κ3) is 36.3. The summed E-state index contributed by atoms with van der Waals surface area (Å²) in [6, 6.07) is 0. The Labute approximate surface area is 307 Å². The van der Waals surface area contributed by atoms with E-state index >= 15 is 0 Å². The van der Waals surface area contributed by atoms with E-state index in [1.807, 2.05) is 21.1 Å². The van der Waals surface area contributed by atoms with Crippen molar-refractivity contribution in [1.29, 1.82) is 0 Å². The summed E-state index contributed by atoms with van der Waals surface area (Å²) in [5.41, 5.74) is 0. The van der Waals surface area contributed by atoms with E-state index in [1.165, 1.54) is 64.2 Å². The Morgan fingerprint density at radius 3 is 1.54 bits per heavy atom. The molecule has 0 fully saturated rings. The van der Waals surface area contributed by atoms with E-state index < -0.39 is 32.5 Å². The van der Waals surface area contributed by atoms with Gasteiger partial charge in [-0.3, -0.25) is 14.2 Å². The lowest BCUT2D eigenvalue weighted by Crippen LogP contribution is -2.37. The fourth-order valence-electron chi connectivity index (χ4n) is 5.22. The lowest BCUT2D eigenvalue weighted by atomic mass is 10.1. The average molecular weight is 730 g/mol. The highest BCUT2D eigenvalue weighted by Crippen LogP contribution is 2.38. The Hall–Kier alpha value is -1.51. The van der Waals surface area contributed by atoms with Gasteiger partial charge in [-0.05, 0) is 57.8 Å². The monoisotopic (exact) mass is 730 g/mol. The lowest BCUT2D eigenvalue weighted by molar-refractivity contribution is -0.870. The quantitative estimate of drug-likeness (QED) is 0.0206. The molecular weight excluding hydrogens is 653 g/mol. The van der Waals surface area contributed by atoms with Crippen LogP contribution in [0.2, 0.25) is 0 Å². The SMILES string of the molecule is CCCC/C=C/CCCCCCCC(=O)OC[C@H](COP(=O)([O-])OCC[N+](C)(C)C)OC(=O)CCCCCCCCC/C=C/CCCCCC. The molecule has 50 heavy (non-hydrogen) atoms.